The van der Waals surface area contributed by atoms with Gasteiger partial charge in [-0.3, -0.25) is 4.90 Å². The molecule has 0 unspecified atom stereocenters. The number of hydrogen-bond donors (Lipinski definition) is 0. The average Bonchev–Trinajstić information content (AvgIpc) is 3.08. The molecule has 0 radical (unpaired) electrons. The van der Waals surface area contributed by atoms with E-state index in [2.05, 4.69) is 31.7 Å². The monoisotopic (exact) mass is 379 g/mol. The third kappa shape index (κ3) is 3.62. The van der Waals surface area contributed by atoms with Crippen molar-refractivity contribution in [2.45, 2.75) is 39.8 Å². The highest BCUT2D eigenvalue weighted by Crippen LogP contribution is 2.33. The summed E-state index contributed by atoms with van der Waals surface area (Å²) in [5, 5.41) is 1.01. The maximum Gasteiger partial charge on any atom is 0.336 e. The van der Waals surface area contributed by atoms with Gasteiger partial charge in [0.1, 0.15) is 5.58 Å². The van der Waals surface area contributed by atoms with Crippen LogP contribution < -0.4 is 15.1 Å². The molecular formula is C23H25NO4. The molecule has 2 aromatic carbocycles. The maximum absolute atomic E-state index is 12.1. The summed E-state index contributed by atoms with van der Waals surface area (Å²) in [5.41, 5.74) is 4.89. The normalized spacial score (nSPS) is 13.1. The van der Waals surface area contributed by atoms with Gasteiger partial charge in [0.05, 0.1) is 0 Å². The molecule has 0 amide bonds. The van der Waals surface area contributed by atoms with Crippen molar-refractivity contribution in [3.8, 4) is 11.5 Å². The van der Waals surface area contributed by atoms with Crippen molar-refractivity contribution in [2.24, 2.45) is 0 Å². The van der Waals surface area contributed by atoms with Crippen molar-refractivity contribution < 1.29 is 13.9 Å². The Morgan fingerprint density at radius 2 is 1.82 bits per heavy atom. The summed E-state index contributed by atoms with van der Waals surface area (Å²) in [4.78, 5) is 14.3. The zero-order valence-corrected chi connectivity index (χ0v) is 16.7. The average molecular weight is 379 g/mol. The van der Waals surface area contributed by atoms with Crippen LogP contribution in [0.1, 0.15) is 42.0 Å². The first kappa shape index (κ1) is 18.6. The van der Waals surface area contributed by atoms with Gasteiger partial charge in [0.2, 0.25) is 6.79 Å². The summed E-state index contributed by atoms with van der Waals surface area (Å²) in [5.74, 6) is 1.99. The highest BCUT2D eigenvalue weighted by Gasteiger charge is 2.15. The Labute approximate surface area is 164 Å². The zero-order chi connectivity index (χ0) is 19.8. The Hall–Kier alpha value is -2.79. The van der Waals surface area contributed by atoms with Crippen LogP contribution in [-0.4, -0.2) is 18.7 Å². The number of benzene rings is 2. The number of hydrogen-bond acceptors (Lipinski definition) is 5. The second-order valence-electron chi connectivity index (χ2n) is 7.81. The first-order valence-electron chi connectivity index (χ1n) is 9.55. The highest BCUT2D eigenvalue weighted by molar-refractivity contribution is 5.82. The van der Waals surface area contributed by atoms with Crippen LogP contribution in [0.2, 0.25) is 0 Å². The molecular weight excluding hydrogens is 354 g/mol. The molecule has 2 heterocycles. The number of fused-ring (bicyclic) bond motifs is 2. The van der Waals surface area contributed by atoms with Crippen LogP contribution in [0.3, 0.4) is 0 Å². The lowest BCUT2D eigenvalue weighted by Gasteiger charge is -2.19. The summed E-state index contributed by atoms with van der Waals surface area (Å²) in [6.07, 6.45) is 0. The molecule has 146 valence electrons. The molecule has 0 saturated heterocycles. The van der Waals surface area contributed by atoms with E-state index >= 15 is 0 Å². The SMILES string of the molecule is Cc1cc2oc(=O)cc(CN(C)Cc3ccc4c(c3)OCO4)c2cc1C(C)C. The topological polar surface area (TPSA) is 51.9 Å². The van der Waals surface area contributed by atoms with Crippen LogP contribution in [0.25, 0.3) is 11.0 Å². The number of rotatable bonds is 5. The van der Waals surface area contributed by atoms with E-state index in [4.69, 9.17) is 13.9 Å². The summed E-state index contributed by atoms with van der Waals surface area (Å²) in [6.45, 7) is 8.08. The van der Waals surface area contributed by atoms with E-state index in [0.717, 1.165) is 40.1 Å². The van der Waals surface area contributed by atoms with Gasteiger partial charge < -0.3 is 13.9 Å². The van der Waals surface area contributed by atoms with Gasteiger partial charge in [-0.25, -0.2) is 4.79 Å². The third-order valence-corrected chi connectivity index (χ3v) is 5.17. The van der Waals surface area contributed by atoms with Crippen molar-refractivity contribution in [3.05, 3.63) is 69.1 Å². The zero-order valence-electron chi connectivity index (χ0n) is 16.7. The van der Waals surface area contributed by atoms with Crippen molar-refractivity contribution >= 4 is 11.0 Å². The molecule has 1 aliphatic rings. The molecule has 4 rings (SSSR count). The maximum atomic E-state index is 12.1. The van der Waals surface area contributed by atoms with Gasteiger partial charge in [0.25, 0.3) is 0 Å². The largest absolute Gasteiger partial charge is 0.454 e. The van der Waals surface area contributed by atoms with Crippen LogP contribution in [0.5, 0.6) is 11.5 Å². The molecule has 0 bridgehead atoms. The van der Waals surface area contributed by atoms with Gasteiger partial charge in [-0.15, -0.1) is 0 Å². The van der Waals surface area contributed by atoms with Gasteiger partial charge in [0, 0.05) is 24.5 Å². The van der Waals surface area contributed by atoms with Crippen LogP contribution in [0.15, 0.2) is 45.6 Å². The lowest BCUT2D eigenvalue weighted by Crippen LogP contribution is -2.18. The molecule has 0 N–H and O–H groups in total. The Kier molecular flexibility index (Phi) is 4.85. The fraction of sp³-hybridized carbons (Fsp3) is 0.348. The summed E-state index contributed by atoms with van der Waals surface area (Å²) in [7, 11) is 2.04. The van der Waals surface area contributed by atoms with Gasteiger partial charge in [-0.1, -0.05) is 19.9 Å². The summed E-state index contributed by atoms with van der Waals surface area (Å²) < 4.78 is 16.3. The molecule has 0 spiro atoms. The van der Waals surface area contributed by atoms with E-state index in [-0.39, 0.29) is 12.4 Å². The molecule has 5 heteroatoms. The van der Waals surface area contributed by atoms with Crippen LogP contribution in [-0.2, 0) is 13.1 Å². The van der Waals surface area contributed by atoms with Crippen molar-refractivity contribution in [1.29, 1.82) is 0 Å². The second-order valence-corrected chi connectivity index (χ2v) is 7.81. The Balaban J connectivity index is 1.63. The molecule has 28 heavy (non-hydrogen) atoms. The first-order valence-corrected chi connectivity index (χ1v) is 9.55. The second kappa shape index (κ2) is 7.32. The molecule has 0 aliphatic carbocycles. The standard InChI is InChI=1S/C23H25NO4/c1-14(2)18-10-19-17(9-23(25)28-21(19)7-15(18)3)12-24(4)11-16-5-6-20-22(8-16)27-13-26-20/h5-10,14H,11-13H2,1-4H3. The fourth-order valence-electron chi connectivity index (χ4n) is 3.84. The lowest BCUT2D eigenvalue weighted by molar-refractivity contribution is 0.174. The van der Waals surface area contributed by atoms with E-state index in [9.17, 15) is 4.79 Å². The predicted molar refractivity (Wildman–Crippen MR) is 109 cm³/mol. The Bertz CT molecular complexity index is 1080. The molecule has 0 saturated carbocycles. The molecule has 0 fully saturated rings. The van der Waals surface area contributed by atoms with Gasteiger partial charge in [-0.05, 0) is 66.4 Å². The number of aryl methyl sites for hydroxylation is 1. The van der Waals surface area contributed by atoms with Crippen molar-refractivity contribution in [2.75, 3.05) is 13.8 Å². The first-order chi connectivity index (χ1) is 13.4. The third-order valence-electron chi connectivity index (χ3n) is 5.17. The van der Waals surface area contributed by atoms with E-state index in [0.29, 0.717) is 18.0 Å². The minimum atomic E-state index is -0.310. The molecule has 5 nitrogen and oxygen atoms in total. The summed E-state index contributed by atoms with van der Waals surface area (Å²) in [6, 6.07) is 11.8. The molecule has 1 aliphatic heterocycles. The fourth-order valence-corrected chi connectivity index (χ4v) is 3.84. The van der Waals surface area contributed by atoms with Crippen molar-refractivity contribution in [1.82, 2.24) is 4.90 Å². The molecule has 0 atom stereocenters. The van der Waals surface area contributed by atoms with Crippen LogP contribution in [0.4, 0.5) is 0 Å². The highest BCUT2D eigenvalue weighted by atomic mass is 16.7. The van der Waals surface area contributed by atoms with Gasteiger partial charge in [-0.2, -0.15) is 0 Å². The summed E-state index contributed by atoms with van der Waals surface area (Å²) >= 11 is 0. The lowest BCUT2D eigenvalue weighted by atomic mass is 9.95. The van der Waals surface area contributed by atoms with Crippen molar-refractivity contribution in [3.63, 3.8) is 0 Å². The molecule has 3 aromatic rings. The van der Waals surface area contributed by atoms with E-state index in [1.807, 2.05) is 31.3 Å². The Morgan fingerprint density at radius 1 is 1.04 bits per heavy atom. The van der Waals surface area contributed by atoms with Gasteiger partial charge >= 0.3 is 5.63 Å². The predicted octanol–water partition coefficient (Wildman–Crippen LogP) is 4.59. The van der Waals surface area contributed by atoms with Gasteiger partial charge in [0.15, 0.2) is 11.5 Å². The molecule has 1 aromatic heterocycles. The number of ether oxygens (including phenoxy) is 2. The van der Waals surface area contributed by atoms with Crippen LogP contribution in [0, 0.1) is 6.92 Å². The van der Waals surface area contributed by atoms with E-state index in [1.165, 1.54) is 5.56 Å². The smallest absolute Gasteiger partial charge is 0.336 e. The van der Waals surface area contributed by atoms with E-state index < -0.39 is 0 Å². The number of nitrogens with zero attached hydrogens (tertiary/aromatic N) is 1. The minimum absolute atomic E-state index is 0.276. The minimum Gasteiger partial charge on any atom is -0.454 e. The Morgan fingerprint density at radius 3 is 2.61 bits per heavy atom. The quantitative estimate of drug-likeness (QED) is 0.607. The van der Waals surface area contributed by atoms with E-state index in [1.54, 1.807) is 6.07 Å². The van der Waals surface area contributed by atoms with Crippen LogP contribution >= 0.6 is 0 Å².